The molecule has 1 aliphatic rings. The standard InChI is InChI=1S/C53H36N2O/c1-53(2)44-25-13-11-22-40(44)49-41(24-15-26-45(49)53)47-32-46(54-52(55-47)34-18-7-4-8-19-34)38-29-36(33-16-5-3-6-17-33)28-37(30-38)43-31-35-20-9-10-21-39(35)51-50(43)42-23-12-14-27-48(42)56-51/h3-32H,1-2H3. The van der Waals surface area contributed by atoms with Crippen LogP contribution >= 0.6 is 0 Å². The molecule has 0 spiro atoms. The van der Waals surface area contributed by atoms with Gasteiger partial charge in [-0.25, -0.2) is 9.97 Å². The molecule has 0 unspecified atom stereocenters. The first kappa shape index (κ1) is 32.3. The molecule has 0 fully saturated rings. The Morgan fingerprint density at radius 3 is 1.89 bits per heavy atom. The van der Waals surface area contributed by atoms with E-state index in [1.54, 1.807) is 0 Å². The van der Waals surface area contributed by atoms with Crippen molar-refractivity contribution in [3.63, 3.8) is 0 Å². The summed E-state index contributed by atoms with van der Waals surface area (Å²) in [5, 5.41) is 4.46. The smallest absolute Gasteiger partial charge is 0.160 e. The van der Waals surface area contributed by atoms with Gasteiger partial charge in [-0.2, -0.15) is 0 Å². The van der Waals surface area contributed by atoms with Crippen LogP contribution in [0.5, 0.6) is 0 Å². The number of para-hydroxylation sites is 1. The van der Waals surface area contributed by atoms with E-state index in [0.29, 0.717) is 5.82 Å². The zero-order chi connectivity index (χ0) is 37.4. The molecule has 56 heavy (non-hydrogen) atoms. The predicted molar refractivity (Wildman–Crippen MR) is 232 cm³/mol. The maximum atomic E-state index is 6.64. The SMILES string of the molecule is CC1(C)c2ccccc2-c2c(-c3cc(-c4cc(-c5ccccc5)cc(-c5cc6ccccc6c6oc7ccccc7c56)c4)nc(-c4ccccc4)n3)cccc21. The summed E-state index contributed by atoms with van der Waals surface area (Å²) in [5.74, 6) is 0.696. The molecule has 3 nitrogen and oxygen atoms in total. The van der Waals surface area contributed by atoms with Gasteiger partial charge in [0.15, 0.2) is 5.82 Å². The summed E-state index contributed by atoms with van der Waals surface area (Å²) in [6.45, 7) is 4.65. The average molecular weight is 717 g/mol. The zero-order valence-corrected chi connectivity index (χ0v) is 31.1. The Kier molecular flexibility index (Phi) is 7.20. The van der Waals surface area contributed by atoms with Crippen molar-refractivity contribution >= 4 is 32.7 Å². The summed E-state index contributed by atoms with van der Waals surface area (Å²) in [6, 6.07) is 64.7. The number of rotatable bonds is 5. The lowest BCUT2D eigenvalue weighted by Crippen LogP contribution is -2.14. The maximum Gasteiger partial charge on any atom is 0.160 e. The first-order valence-electron chi connectivity index (χ1n) is 19.2. The molecule has 0 bridgehead atoms. The van der Waals surface area contributed by atoms with Gasteiger partial charge in [-0.3, -0.25) is 0 Å². The van der Waals surface area contributed by atoms with Crippen LogP contribution in [0.4, 0.5) is 0 Å². The van der Waals surface area contributed by atoms with Crippen LogP contribution in [-0.4, -0.2) is 9.97 Å². The molecule has 8 aromatic carbocycles. The van der Waals surface area contributed by atoms with Crippen LogP contribution in [0.1, 0.15) is 25.0 Å². The number of hydrogen-bond acceptors (Lipinski definition) is 3. The molecule has 2 heterocycles. The summed E-state index contributed by atoms with van der Waals surface area (Å²) in [7, 11) is 0. The van der Waals surface area contributed by atoms with Crippen LogP contribution in [0.2, 0.25) is 0 Å². The Morgan fingerprint density at radius 1 is 0.429 bits per heavy atom. The predicted octanol–water partition coefficient (Wildman–Crippen LogP) is 14.2. The maximum absolute atomic E-state index is 6.64. The molecule has 0 N–H and O–H groups in total. The van der Waals surface area contributed by atoms with Crippen molar-refractivity contribution in [1.29, 1.82) is 0 Å². The molecule has 0 saturated heterocycles. The van der Waals surface area contributed by atoms with Crippen molar-refractivity contribution in [3.8, 4) is 67.3 Å². The number of nitrogens with zero attached hydrogens (tertiary/aromatic N) is 2. The van der Waals surface area contributed by atoms with Gasteiger partial charge in [-0.1, -0.05) is 159 Å². The number of fused-ring (bicyclic) bond motifs is 8. The second-order valence-electron chi connectivity index (χ2n) is 15.3. The second kappa shape index (κ2) is 12.5. The van der Waals surface area contributed by atoms with E-state index < -0.39 is 0 Å². The van der Waals surface area contributed by atoms with E-state index in [2.05, 4.69) is 184 Å². The van der Waals surface area contributed by atoms with Crippen molar-refractivity contribution < 1.29 is 4.42 Å². The number of aromatic nitrogens is 2. The van der Waals surface area contributed by atoms with Gasteiger partial charge in [-0.05, 0) is 86.3 Å². The highest BCUT2D eigenvalue weighted by atomic mass is 16.3. The minimum Gasteiger partial charge on any atom is -0.455 e. The number of benzene rings is 8. The van der Waals surface area contributed by atoms with Gasteiger partial charge >= 0.3 is 0 Å². The van der Waals surface area contributed by atoms with Crippen LogP contribution in [0.3, 0.4) is 0 Å². The fraction of sp³-hybridized carbons (Fsp3) is 0.0566. The van der Waals surface area contributed by atoms with Crippen LogP contribution in [0.25, 0.3) is 100.0 Å². The highest BCUT2D eigenvalue weighted by Crippen LogP contribution is 2.52. The van der Waals surface area contributed by atoms with Crippen molar-refractivity contribution in [2.75, 3.05) is 0 Å². The van der Waals surface area contributed by atoms with Gasteiger partial charge in [0, 0.05) is 38.3 Å². The Bertz CT molecular complexity index is 3160. The van der Waals surface area contributed by atoms with Gasteiger partial charge in [0.05, 0.1) is 11.4 Å². The molecular weight excluding hydrogens is 681 g/mol. The molecular formula is C53H36N2O. The fourth-order valence-electron chi connectivity index (χ4n) is 8.93. The highest BCUT2D eigenvalue weighted by molar-refractivity contribution is 6.21. The monoisotopic (exact) mass is 716 g/mol. The lowest BCUT2D eigenvalue weighted by molar-refractivity contribution is 0.660. The normalized spacial score (nSPS) is 13.0. The Morgan fingerprint density at radius 2 is 1.05 bits per heavy atom. The molecule has 0 aliphatic heterocycles. The zero-order valence-electron chi connectivity index (χ0n) is 31.1. The largest absolute Gasteiger partial charge is 0.455 e. The molecule has 264 valence electrons. The van der Waals surface area contributed by atoms with Gasteiger partial charge in [-0.15, -0.1) is 0 Å². The molecule has 2 aromatic heterocycles. The Hall–Kier alpha value is -7.10. The third-order valence-corrected chi connectivity index (χ3v) is 11.7. The first-order chi connectivity index (χ1) is 27.5. The first-order valence-corrected chi connectivity index (χ1v) is 19.2. The van der Waals surface area contributed by atoms with E-state index in [4.69, 9.17) is 14.4 Å². The van der Waals surface area contributed by atoms with Crippen molar-refractivity contribution in [1.82, 2.24) is 9.97 Å². The minimum atomic E-state index is -0.124. The van der Waals surface area contributed by atoms with E-state index in [1.165, 1.54) is 22.3 Å². The summed E-state index contributed by atoms with van der Waals surface area (Å²) < 4.78 is 6.64. The summed E-state index contributed by atoms with van der Waals surface area (Å²) >= 11 is 0. The number of furan rings is 1. The minimum absolute atomic E-state index is 0.124. The molecule has 10 aromatic rings. The topological polar surface area (TPSA) is 38.9 Å². The summed E-state index contributed by atoms with van der Waals surface area (Å²) in [4.78, 5) is 10.7. The average Bonchev–Trinajstić information content (AvgIpc) is 3.77. The van der Waals surface area contributed by atoms with E-state index >= 15 is 0 Å². The molecule has 0 radical (unpaired) electrons. The molecule has 3 heteroatoms. The molecule has 0 saturated carbocycles. The third kappa shape index (κ3) is 5.05. The van der Waals surface area contributed by atoms with Crippen molar-refractivity contribution in [2.24, 2.45) is 0 Å². The Labute approximate surface area is 325 Å². The summed E-state index contributed by atoms with van der Waals surface area (Å²) in [6.07, 6.45) is 0. The van der Waals surface area contributed by atoms with E-state index in [9.17, 15) is 0 Å². The van der Waals surface area contributed by atoms with Gasteiger partial charge in [0.25, 0.3) is 0 Å². The lowest BCUT2D eigenvalue weighted by Gasteiger charge is -2.21. The number of hydrogen-bond donors (Lipinski definition) is 0. The highest BCUT2D eigenvalue weighted by Gasteiger charge is 2.36. The molecule has 1 aliphatic carbocycles. The van der Waals surface area contributed by atoms with Crippen LogP contribution < -0.4 is 0 Å². The summed E-state index contributed by atoms with van der Waals surface area (Å²) in [5.41, 5.74) is 16.2. The van der Waals surface area contributed by atoms with Crippen molar-refractivity contribution in [2.45, 2.75) is 19.3 Å². The Balaban J connectivity index is 1.20. The molecule has 0 atom stereocenters. The fourth-order valence-corrected chi connectivity index (χ4v) is 8.93. The van der Waals surface area contributed by atoms with Gasteiger partial charge in [0.1, 0.15) is 11.2 Å². The molecule has 11 rings (SSSR count). The molecule has 0 amide bonds. The van der Waals surface area contributed by atoms with Crippen molar-refractivity contribution in [3.05, 3.63) is 193 Å². The van der Waals surface area contributed by atoms with E-state index in [0.717, 1.165) is 83.0 Å². The third-order valence-electron chi connectivity index (χ3n) is 11.7. The van der Waals surface area contributed by atoms with E-state index in [-0.39, 0.29) is 5.41 Å². The van der Waals surface area contributed by atoms with Gasteiger partial charge in [0.2, 0.25) is 0 Å². The quantitative estimate of drug-likeness (QED) is 0.178. The lowest BCUT2D eigenvalue weighted by atomic mass is 9.82. The van der Waals surface area contributed by atoms with Crippen LogP contribution in [-0.2, 0) is 5.41 Å². The van der Waals surface area contributed by atoms with Crippen LogP contribution in [0.15, 0.2) is 186 Å². The van der Waals surface area contributed by atoms with Crippen LogP contribution in [0, 0.1) is 0 Å². The van der Waals surface area contributed by atoms with E-state index in [1.807, 2.05) is 12.1 Å². The van der Waals surface area contributed by atoms with Gasteiger partial charge < -0.3 is 4.42 Å². The second-order valence-corrected chi connectivity index (χ2v) is 15.3.